The molecule has 0 spiro atoms. The topological polar surface area (TPSA) is 24.9 Å². The lowest BCUT2D eigenvalue weighted by molar-refractivity contribution is 1.34. The number of benzene rings is 3. The number of hydrogen-bond donors (Lipinski definition) is 1. The van der Waals surface area contributed by atoms with Crippen LogP contribution in [0.5, 0.6) is 0 Å². The lowest BCUT2D eigenvalue weighted by Gasteiger charge is -2.10. The van der Waals surface area contributed by atoms with Gasteiger partial charge in [-0.05, 0) is 24.3 Å². The van der Waals surface area contributed by atoms with E-state index in [9.17, 15) is 0 Å². The number of aromatic nitrogens is 1. The Morgan fingerprint density at radius 1 is 0.692 bits per heavy atom. The zero-order valence-electron chi connectivity index (χ0n) is 14.0. The quantitative estimate of drug-likeness (QED) is 0.383. The number of pyridine rings is 1. The molecule has 2 heterocycles. The van der Waals surface area contributed by atoms with Crippen LogP contribution in [0.25, 0.3) is 31.4 Å². The highest BCUT2D eigenvalue weighted by atomic mass is 32.1. The van der Waals surface area contributed by atoms with Gasteiger partial charge in [0.15, 0.2) is 0 Å². The normalized spacial score (nSPS) is 11.1. The molecule has 3 aromatic carbocycles. The summed E-state index contributed by atoms with van der Waals surface area (Å²) >= 11 is 1.82. The number of anilines is 2. The molecule has 0 aliphatic rings. The molecule has 124 valence electrons. The van der Waals surface area contributed by atoms with Gasteiger partial charge in [-0.1, -0.05) is 66.7 Å². The summed E-state index contributed by atoms with van der Waals surface area (Å²) in [5, 5.41) is 5.95. The molecule has 0 aliphatic carbocycles. The van der Waals surface area contributed by atoms with Crippen LogP contribution in [0.4, 0.5) is 11.5 Å². The van der Waals surface area contributed by atoms with Gasteiger partial charge < -0.3 is 5.32 Å². The lowest BCUT2D eigenvalue weighted by Crippen LogP contribution is -1.95. The smallest absolute Gasteiger partial charge is 0.132 e. The molecular formula is C23H16N2S. The summed E-state index contributed by atoms with van der Waals surface area (Å²) in [5.74, 6) is 0.870. The van der Waals surface area contributed by atoms with E-state index >= 15 is 0 Å². The standard InChI is InChI=1S/C23H16N2S/c1-3-9-16(10-4-1)23-22-18-13-7-8-14-19(18)26-20(22)15-21(25-23)24-17-11-5-2-6-12-17/h1-15H,(H,24,25). The summed E-state index contributed by atoms with van der Waals surface area (Å²) in [6.45, 7) is 0. The van der Waals surface area contributed by atoms with Crippen LogP contribution in [0.1, 0.15) is 0 Å². The van der Waals surface area contributed by atoms with Crippen molar-refractivity contribution in [3.8, 4) is 11.3 Å². The Labute approximate surface area is 155 Å². The third-order valence-electron chi connectivity index (χ3n) is 4.45. The second-order valence-electron chi connectivity index (χ2n) is 6.18. The fourth-order valence-electron chi connectivity index (χ4n) is 3.28. The number of nitrogens with zero attached hydrogens (tertiary/aromatic N) is 1. The van der Waals surface area contributed by atoms with Crippen LogP contribution in [0.15, 0.2) is 91.0 Å². The third kappa shape index (κ3) is 2.63. The minimum Gasteiger partial charge on any atom is -0.340 e. The predicted molar refractivity (Wildman–Crippen MR) is 112 cm³/mol. The minimum atomic E-state index is 0.870. The van der Waals surface area contributed by atoms with Gasteiger partial charge in [0.2, 0.25) is 0 Å². The third-order valence-corrected chi connectivity index (χ3v) is 5.57. The molecule has 0 amide bonds. The summed E-state index contributed by atoms with van der Waals surface area (Å²) in [6, 6.07) is 31.3. The Hall–Kier alpha value is -3.17. The Balaban J connectivity index is 1.77. The maximum Gasteiger partial charge on any atom is 0.132 e. The number of thiophene rings is 1. The molecule has 5 rings (SSSR count). The van der Waals surface area contributed by atoms with Crippen LogP contribution in [0.2, 0.25) is 0 Å². The fourth-order valence-corrected chi connectivity index (χ4v) is 4.42. The second-order valence-corrected chi connectivity index (χ2v) is 7.27. The summed E-state index contributed by atoms with van der Waals surface area (Å²) in [6.07, 6.45) is 0. The number of para-hydroxylation sites is 1. The number of fused-ring (bicyclic) bond motifs is 3. The lowest BCUT2D eigenvalue weighted by atomic mass is 10.0. The fraction of sp³-hybridized carbons (Fsp3) is 0. The van der Waals surface area contributed by atoms with E-state index in [-0.39, 0.29) is 0 Å². The van der Waals surface area contributed by atoms with E-state index < -0.39 is 0 Å². The first-order valence-electron chi connectivity index (χ1n) is 8.58. The molecule has 0 atom stereocenters. The van der Waals surface area contributed by atoms with E-state index in [0.29, 0.717) is 0 Å². The highest BCUT2D eigenvalue weighted by Crippen LogP contribution is 2.40. The molecule has 0 bridgehead atoms. The SMILES string of the molecule is c1ccc(Nc2cc3sc4ccccc4c3c(-c3ccccc3)n2)cc1. The van der Waals surface area contributed by atoms with Crippen molar-refractivity contribution in [1.82, 2.24) is 4.98 Å². The molecule has 3 heteroatoms. The average molecular weight is 352 g/mol. The molecule has 1 N–H and O–H groups in total. The van der Waals surface area contributed by atoms with Gasteiger partial charge in [-0.2, -0.15) is 0 Å². The van der Waals surface area contributed by atoms with Crippen LogP contribution in [-0.4, -0.2) is 4.98 Å². The van der Waals surface area contributed by atoms with E-state index in [1.807, 2.05) is 35.6 Å². The Morgan fingerprint density at radius 2 is 1.38 bits per heavy atom. The second kappa shape index (κ2) is 6.28. The van der Waals surface area contributed by atoms with E-state index in [1.165, 1.54) is 20.2 Å². The van der Waals surface area contributed by atoms with Crippen LogP contribution in [-0.2, 0) is 0 Å². The largest absolute Gasteiger partial charge is 0.340 e. The molecule has 0 fully saturated rings. The number of hydrogen-bond acceptors (Lipinski definition) is 3. The first kappa shape index (κ1) is 15.1. The molecule has 5 aromatic rings. The van der Waals surface area contributed by atoms with Crippen LogP contribution >= 0.6 is 11.3 Å². The molecule has 0 unspecified atom stereocenters. The van der Waals surface area contributed by atoms with Crippen molar-refractivity contribution in [2.75, 3.05) is 5.32 Å². The zero-order valence-corrected chi connectivity index (χ0v) is 14.8. The van der Waals surface area contributed by atoms with Crippen LogP contribution in [0.3, 0.4) is 0 Å². The molecule has 2 nitrogen and oxygen atoms in total. The van der Waals surface area contributed by atoms with Crippen LogP contribution in [0, 0.1) is 0 Å². The van der Waals surface area contributed by atoms with Crippen molar-refractivity contribution in [1.29, 1.82) is 0 Å². The van der Waals surface area contributed by atoms with Gasteiger partial charge in [-0.3, -0.25) is 0 Å². The van der Waals surface area contributed by atoms with Crippen molar-refractivity contribution in [3.63, 3.8) is 0 Å². The average Bonchev–Trinajstić information content (AvgIpc) is 3.07. The zero-order chi connectivity index (χ0) is 17.3. The first-order chi connectivity index (χ1) is 12.9. The van der Waals surface area contributed by atoms with Crippen molar-refractivity contribution in [2.24, 2.45) is 0 Å². The summed E-state index contributed by atoms with van der Waals surface area (Å²) in [7, 11) is 0. The highest BCUT2D eigenvalue weighted by molar-refractivity contribution is 7.26. The number of nitrogens with one attached hydrogen (secondary N) is 1. The van der Waals surface area contributed by atoms with Gasteiger partial charge in [0.1, 0.15) is 5.82 Å². The Kier molecular flexibility index (Phi) is 3.65. The molecular weight excluding hydrogens is 336 g/mol. The van der Waals surface area contributed by atoms with Gasteiger partial charge in [0, 0.05) is 31.4 Å². The highest BCUT2D eigenvalue weighted by Gasteiger charge is 2.14. The molecule has 0 saturated carbocycles. The summed E-state index contributed by atoms with van der Waals surface area (Å²) in [5.41, 5.74) is 3.20. The van der Waals surface area contributed by atoms with Gasteiger partial charge >= 0.3 is 0 Å². The van der Waals surface area contributed by atoms with Gasteiger partial charge in [0.05, 0.1) is 5.69 Å². The molecule has 0 aliphatic heterocycles. The van der Waals surface area contributed by atoms with Crippen molar-refractivity contribution in [3.05, 3.63) is 91.0 Å². The molecule has 0 radical (unpaired) electrons. The minimum absolute atomic E-state index is 0.870. The predicted octanol–water partition coefficient (Wildman–Crippen LogP) is 6.86. The summed E-state index contributed by atoms with van der Waals surface area (Å²) < 4.78 is 2.54. The van der Waals surface area contributed by atoms with E-state index in [2.05, 4.69) is 72.0 Å². The molecule has 0 saturated heterocycles. The van der Waals surface area contributed by atoms with E-state index in [0.717, 1.165) is 22.8 Å². The van der Waals surface area contributed by atoms with Crippen LogP contribution < -0.4 is 5.32 Å². The van der Waals surface area contributed by atoms with Gasteiger partial charge in [-0.15, -0.1) is 11.3 Å². The van der Waals surface area contributed by atoms with Gasteiger partial charge in [0.25, 0.3) is 0 Å². The maximum absolute atomic E-state index is 4.98. The maximum atomic E-state index is 4.98. The van der Waals surface area contributed by atoms with Crippen molar-refractivity contribution in [2.45, 2.75) is 0 Å². The number of rotatable bonds is 3. The van der Waals surface area contributed by atoms with Gasteiger partial charge in [-0.25, -0.2) is 4.98 Å². The van der Waals surface area contributed by atoms with E-state index in [4.69, 9.17) is 4.98 Å². The monoisotopic (exact) mass is 352 g/mol. The first-order valence-corrected chi connectivity index (χ1v) is 9.40. The Morgan fingerprint density at radius 3 is 2.19 bits per heavy atom. The van der Waals surface area contributed by atoms with E-state index in [1.54, 1.807) is 0 Å². The summed E-state index contributed by atoms with van der Waals surface area (Å²) in [4.78, 5) is 4.98. The van der Waals surface area contributed by atoms with Crippen molar-refractivity contribution >= 4 is 43.0 Å². The Bertz CT molecular complexity index is 1190. The van der Waals surface area contributed by atoms with Crippen molar-refractivity contribution < 1.29 is 0 Å². The molecule has 2 aromatic heterocycles. The molecule has 26 heavy (non-hydrogen) atoms.